The Labute approximate surface area is 187 Å². The smallest absolute Gasteiger partial charge is 0.217 e. The van der Waals surface area contributed by atoms with Gasteiger partial charge >= 0.3 is 0 Å². The molecular weight excluding hydrogens is 406 g/mol. The molecule has 2 aliphatic rings. The molecule has 1 aromatic heterocycles. The standard InChI is InChI=1S/C25H29N3O2S/c1-17(29)26-19-15-20-8-9-21(16-19)28(20)12-13-30-22-10-6-18(7-11-22)14-25-27-23-4-2-3-5-24(23)31-25/h2-7,10-11,19-21H,8-9,12-16H2,1H3,(H,26,29)/t19?,20-,21+. The molecule has 3 aromatic rings. The van der Waals surface area contributed by atoms with Crippen molar-refractivity contribution in [2.24, 2.45) is 0 Å². The number of hydrogen-bond donors (Lipinski definition) is 1. The second-order valence-electron chi connectivity index (χ2n) is 8.74. The molecule has 0 radical (unpaired) electrons. The summed E-state index contributed by atoms with van der Waals surface area (Å²) in [7, 11) is 0. The van der Waals surface area contributed by atoms with Gasteiger partial charge in [0.25, 0.3) is 0 Å². The van der Waals surface area contributed by atoms with Crippen LogP contribution in [0.4, 0.5) is 0 Å². The first kappa shape index (κ1) is 20.5. The highest BCUT2D eigenvalue weighted by molar-refractivity contribution is 7.18. The third kappa shape index (κ3) is 4.75. The summed E-state index contributed by atoms with van der Waals surface area (Å²) in [4.78, 5) is 18.7. The molecule has 1 unspecified atom stereocenters. The van der Waals surface area contributed by atoms with E-state index in [4.69, 9.17) is 9.72 Å². The maximum absolute atomic E-state index is 11.4. The number of benzene rings is 2. The van der Waals surface area contributed by atoms with Crippen LogP contribution in [-0.2, 0) is 11.2 Å². The highest BCUT2D eigenvalue weighted by Gasteiger charge is 2.40. The Morgan fingerprint density at radius 1 is 1.13 bits per heavy atom. The van der Waals surface area contributed by atoms with E-state index >= 15 is 0 Å². The summed E-state index contributed by atoms with van der Waals surface area (Å²) in [6, 6.07) is 18.2. The molecule has 2 fully saturated rings. The van der Waals surface area contributed by atoms with Gasteiger partial charge in [0.1, 0.15) is 12.4 Å². The number of ether oxygens (including phenoxy) is 1. The lowest BCUT2D eigenvalue weighted by Gasteiger charge is -2.39. The normalized spacial score (nSPS) is 23.2. The Hall–Kier alpha value is -2.44. The number of para-hydroxylation sites is 1. The van der Waals surface area contributed by atoms with Crippen LogP contribution in [0.2, 0.25) is 0 Å². The lowest BCUT2D eigenvalue weighted by atomic mass is 9.97. The van der Waals surface area contributed by atoms with E-state index in [-0.39, 0.29) is 5.91 Å². The molecule has 31 heavy (non-hydrogen) atoms. The molecular formula is C25H29N3O2S. The van der Waals surface area contributed by atoms with Crippen LogP contribution in [0.1, 0.15) is 43.2 Å². The molecule has 0 aliphatic carbocycles. The van der Waals surface area contributed by atoms with Crippen molar-refractivity contribution in [3.8, 4) is 5.75 Å². The first-order valence-corrected chi connectivity index (χ1v) is 12.0. The molecule has 2 aromatic carbocycles. The summed E-state index contributed by atoms with van der Waals surface area (Å²) in [5.74, 6) is 1.02. The molecule has 2 aliphatic heterocycles. The molecule has 1 amide bonds. The van der Waals surface area contributed by atoms with E-state index in [1.807, 2.05) is 6.07 Å². The third-order valence-electron chi connectivity index (χ3n) is 6.53. The number of hydrogen-bond acceptors (Lipinski definition) is 5. The zero-order valence-electron chi connectivity index (χ0n) is 17.9. The number of nitrogens with zero attached hydrogens (tertiary/aromatic N) is 2. The van der Waals surface area contributed by atoms with Crippen LogP contribution in [-0.4, -0.2) is 47.1 Å². The van der Waals surface area contributed by atoms with Gasteiger partial charge in [-0.1, -0.05) is 24.3 Å². The summed E-state index contributed by atoms with van der Waals surface area (Å²) in [5, 5.41) is 4.26. The molecule has 2 bridgehead atoms. The van der Waals surface area contributed by atoms with E-state index in [1.165, 1.54) is 23.1 Å². The van der Waals surface area contributed by atoms with Crippen molar-refractivity contribution >= 4 is 27.5 Å². The number of carbonyl (C=O) groups excluding carboxylic acids is 1. The Balaban J connectivity index is 1.11. The lowest BCUT2D eigenvalue weighted by Crippen LogP contribution is -2.51. The Morgan fingerprint density at radius 3 is 2.58 bits per heavy atom. The molecule has 0 spiro atoms. The first-order valence-electron chi connectivity index (χ1n) is 11.2. The molecule has 3 heterocycles. The fourth-order valence-corrected chi connectivity index (χ4v) is 6.19. The minimum Gasteiger partial charge on any atom is -0.492 e. The zero-order valence-corrected chi connectivity index (χ0v) is 18.7. The molecule has 0 saturated carbocycles. The maximum atomic E-state index is 11.4. The van der Waals surface area contributed by atoms with Crippen molar-refractivity contribution in [2.45, 2.75) is 57.2 Å². The van der Waals surface area contributed by atoms with Gasteiger partial charge in [0, 0.05) is 38.0 Å². The fourth-order valence-electron chi connectivity index (χ4n) is 5.19. The molecule has 6 heteroatoms. The number of nitrogens with one attached hydrogen (secondary N) is 1. The van der Waals surface area contributed by atoms with Gasteiger partial charge in [0.15, 0.2) is 0 Å². The Kier molecular flexibility index (Phi) is 5.92. The van der Waals surface area contributed by atoms with E-state index in [2.05, 4.69) is 52.7 Å². The van der Waals surface area contributed by atoms with Crippen LogP contribution in [0.3, 0.4) is 0 Å². The molecule has 3 atom stereocenters. The molecule has 2 saturated heterocycles. The van der Waals surface area contributed by atoms with Crippen molar-refractivity contribution in [3.05, 3.63) is 59.1 Å². The summed E-state index contributed by atoms with van der Waals surface area (Å²) in [5.41, 5.74) is 2.34. The average molecular weight is 436 g/mol. The number of piperidine rings is 1. The summed E-state index contributed by atoms with van der Waals surface area (Å²) >= 11 is 1.76. The highest BCUT2D eigenvalue weighted by atomic mass is 32.1. The topological polar surface area (TPSA) is 54.5 Å². The number of thiazole rings is 1. The number of rotatable bonds is 7. The monoisotopic (exact) mass is 435 g/mol. The van der Waals surface area contributed by atoms with Crippen molar-refractivity contribution in [2.75, 3.05) is 13.2 Å². The molecule has 5 rings (SSSR count). The minimum atomic E-state index is 0.0905. The Morgan fingerprint density at radius 2 is 1.87 bits per heavy atom. The predicted molar refractivity (Wildman–Crippen MR) is 125 cm³/mol. The van der Waals surface area contributed by atoms with Crippen molar-refractivity contribution in [3.63, 3.8) is 0 Å². The van der Waals surface area contributed by atoms with Crippen molar-refractivity contribution < 1.29 is 9.53 Å². The minimum absolute atomic E-state index is 0.0905. The fraction of sp³-hybridized carbons (Fsp3) is 0.440. The van der Waals surface area contributed by atoms with Gasteiger partial charge in [-0.2, -0.15) is 0 Å². The van der Waals surface area contributed by atoms with Crippen molar-refractivity contribution in [1.82, 2.24) is 15.2 Å². The van der Waals surface area contributed by atoms with Crippen molar-refractivity contribution in [1.29, 1.82) is 0 Å². The van der Waals surface area contributed by atoms with E-state index in [0.717, 1.165) is 42.1 Å². The van der Waals surface area contributed by atoms with Gasteiger partial charge in [-0.25, -0.2) is 4.98 Å². The zero-order chi connectivity index (χ0) is 21.2. The summed E-state index contributed by atoms with van der Waals surface area (Å²) in [6.45, 7) is 3.27. The van der Waals surface area contributed by atoms with E-state index in [0.29, 0.717) is 24.7 Å². The van der Waals surface area contributed by atoms with Gasteiger partial charge in [-0.15, -0.1) is 11.3 Å². The maximum Gasteiger partial charge on any atom is 0.217 e. The van der Waals surface area contributed by atoms with E-state index in [9.17, 15) is 4.79 Å². The largest absolute Gasteiger partial charge is 0.492 e. The summed E-state index contributed by atoms with van der Waals surface area (Å²) < 4.78 is 7.30. The molecule has 162 valence electrons. The summed E-state index contributed by atoms with van der Waals surface area (Å²) in [6.07, 6.45) is 5.46. The quantitative estimate of drug-likeness (QED) is 0.598. The van der Waals surface area contributed by atoms with Gasteiger partial charge in [-0.3, -0.25) is 9.69 Å². The number of aromatic nitrogens is 1. The van der Waals surface area contributed by atoms with Crippen LogP contribution in [0.15, 0.2) is 48.5 Å². The van der Waals surface area contributed by atoms with E-state index < -0.39 is 0 Å². The van der Waals surface area contributed by atoms with Crippen LogP contribution < -0.4 is 10.1 Å². The SMILES string of the molecule is CC(=O)NC1C[C@H]2CC[C@@H](C1)N2CCOc1ccc(Cc2nc3ccccc3s2)cc1. The third-order valence-corrected chi connectivity index (χ3v) is 7.56. The highest BCUT2D eigenvalue weighted by Crippen LogP contribution is 2.35. The van der Waals surface area contributed by atoms with Gasteiger partial charge in [0.2, 0.25) is 5.91 Å². The first-order chi connectivity index (χ1) is 15.1. The van der Waals surface area contributed by atoms with Gasteiger partial charge in [-0.05, 0) is 55.5 Å². The molecule has 1 N–H and O–H groups in total. The average Bonchev–Trinajstić information content (AvgIpc) is 3.26. The second-order valence-corrected chi connectivity index (χ2v) is 9.85. The van der Waals surface area contributed by atoms with Crippen LogP contribution >= 0.6 is 11.3 Å². The number of fused-ring (bicyclic) bond motifs is 3. The number of carbonyl (C=O) groups is 1. The van der Waals surface area contributed by atoms with Gasteiger partial charge in [0.05, 0.1) is 15.2 Å². The van der Waals surface area contributed by atoms with Crippen LogP contribution in [0, 0.1) is 0 Å². The second kappa shape index (κ2) is 8.97. The van der Waals surface area contributed by atoms with Crippen LogP contribution in [0.25, 0.3) is 10.2 Å². The predicted octanol–water partition coefficient (Wildman–Crippen LogP) is 4.40. The van der Waals surface area contributed by atoms with Gasteiger partial charge < -0.3 is 10.1 Å². The Bertz CT molecular complexity index is 1000. The number of amides is 1. The van der Waals surface area contributed by atoms with E-state index in [1.54, 1.807) is 18.3 Å². The lowest BCUT2D eigenvalue weighted by molar-refractivity contribution is -0.120. The molecule has 5 nitrogen and oxygen atoms in total. The van der Waals surface area contributed by atoms with Crippen LogP contribution in [0.5, 0.6) is 5.75 Å².